The fraction of sp³-hybridized carbons (Fsp3) is 0.250. The van der Waals surface area contributed by atoms with Gasteiger partial charge >= 0.3 is 0 Å². The highest BCUT2D eigenvalue weighted by Gasteiger charge is 2.17. The minimum absolute atomic E-state index is 0.0702. The molecule has 0 saturated heterocycles. The lowest BCUT2D eigenvalue weighted by Gasteiger charge is -2.15. The van der Waals surface area contributed by atoms with Gasteiger partial charge in [-0.25, -0.2) is 8.78 Å². The van der Waals surface area contributed by atoms with E-state index in [4.69, 9.17) is 0 Å². The van der Waals surface area contributed by atoms with E-state index in [2.05, 4.69) is 0 Å². The topological polar surface area (TPSA) is 52.2 Å². The number of thioether (sulfide) groups is 1. The van der Waals surface area contributed by atoms with Crippen molar-refractivity contribution in [3.05, 3.63) is 35.4 Å². The fourth-order valence-electron chi connectivity index (χ4n) is 1.82. The molecule has 0 spiro atoms. The van der Waals surface area contributed by atoms with Gasteiger partial charge < -0.3 is 15.2 Å². The number of carbonyl (C=O) groups excluding carboxylic acids is 1. The predicted octanol–water partition coefficient (Wildman–Crippen LogP) is 2.24. The number of hydrogen-bond acceptors (Lipinski definition) is 3. The number of rotatable bonds is 2. The third-order valence-corrected chi connectivity index (χ3v) is 3.47. The molecule has 0 unspecified atom stereocenters. The quantitative estimate of drug-likeness (QED) is 0.896. The van der Waals surface area contributed by atoms with E-state index in [1.165, 1.54) is 0 Å². The van der Waals surface area contributed by atoms with Crippen molar-refractivity contribution < 1.29 is 18.7 Å². The van der Waals surface area contributed by atoms with Crippen molar-refractivity contribution in [2.75, 3.05) is 16.8 Å². The molecule has 0 radical (unpaired) electrons. The van der Waals surface area contributed by atoms with Crippen LogP contribution in [0.2, 0.25) is 0 Å². The molecular formula is C12H10F2NO2S-. The van der Waals surface area contributed by atoms with E-state index in [9.17, 15) is 18.7 Å². The molecule has 2 rings (SSSR count). The van der Waals surface area contributed by atoms with Gasteiger partial charge in [0.2, 0.25) is 0 Å². The fourth-order valence-corrected chi connectivity index (χ4v) is 2.67. The standard InChI is InChI=1S/C12H11F2NO2S/c13-9-5-8(15-12(16)17)6-10(14)11(9)7-1-3-18-4-2-7/h1,5-6,15H,2-4H2,(H,16,17)/p-1. The summed E-state index contributed by atoms with van der Waals surface area (Å²) in [6.07, 6.45) is 0.794. The third-order valence-electron chi connectivity index (χ3n) is 2.57. The van der Waals surface area contributed by atoms with Gasteiger partial charge in [0, 0.05) is 17.0 Å². The van der Waals surface area contributed by atoms with E-state index in [1.807, 2.05) is 5.32 Å². The number of halogens is 2. The van der Waals surface area contributed by atoms with Crippen LogP contribution in [0.1, 0.15) is 12.0 Å². The Kier molecular flexibility index (Phi) is 3.86. The van der Waals surface area contributed by atoms with Gasteiger partial charge in [-0.1, -0.05) is 6.08 Å². The predicted molar refractivity (Wildman–Crippen MR) is 65.3 cm³/mol. The summed E-state index contributed by atoms with van der Waals surface area (Å²) in [7, 11) is 0. The van der Waals surface area contributed by atoms with Crippen molar-refractivity contribution in [1.29, 1.82) is 0 Å². The molecule has 1 aliphatic heterocycles. The summed E-state index contributed by atoms with van der Waals surface area (Å²) in [6, 6.07) is 1.91. The molecule has 0 atom stereocenters. The van der Waals surface area contributed by atoms with Gasteiger partial charge in [0.05, 0.1) is 0 Å². The average molecular weight is 270 g/mol. The van der Waals surface area contributed by atoms with Crippen LogP contribution in [0.25, 0.3) is 5.57 Å². The van der Waals surface area contributed by atoms with Gasteiger partial charge in [-0.05, 0) is 29.9 Å². The van der Waals surface area contributed by atoms with Crippen molar-refractivity contribution in [2.45, 2.75) is 6.42 Å². The summed E-state index contributed by atoms with van der Waals surface area (Å²) >= 11 is 1.70. The molecule has 96 valence electrons. The molecule has 0 aromatic heterocycles. The molecule has 0 fully saturated rings. The first-order valence-corrected chi connectivity index (χ1v) is 6.47. The summed E-state index contributed by atoms with van der Waals surface area (Å²) in [4.78, 5) is 10.3. The summed E-state index contributed by atoms with van der Waals surface area (Å²) in [5, 5.41) is 12.1. The number of anilines is 1. The average Bonchev–Trinajstić information content (AvgIpc) is 2.28. The van der Waals surface area contributed by atoms with Gasteiger partial charge in [-0.3, -0.25) is 0 Å². The van der Waals surface area contributed by atoms with Crippen LogP contribution in [0.4, 0.5) is 19.3 Å². The third kappa shape index (κ3) is 2.81. The lowest BCUT2D eigenvalue weighted by atomic mass is 10.0. The van der Waals surface area contributed by atoms with E-state index in [0.29, 0.717) is 12.0 Å². The van der Waals surface area contributed by atoms with E-state index in [-0.39, 0.29) is 11.3 Å². The lowest BCUT2D eigenvalue weighted by molar-refractivity contribution is -0.242. The van der Waals surface area contributed by atoms with Gasteiger partial charge in [-0.2, -0.15) is 11.8 Å². The minimum Gasteiger partial charge on any atom is -0.530 e. The second kappa shape index (κ2) is 5.39. The molecule has 6 heteroatoms. The maximum atomic E-state index is 13.8. The van der Waals surface area contributed by atoms with Gasteiger partial charge in [-0.15, -0.1) is 0 Å². The van der Waals surface area contributed by atoms with Crippen molar-refractivity contribution in [1.82, 2.24) is 0 Å². The largest absolute Gasteiger partial charge is 0.530 e. The first-order valence-electron chi connectivity index (χ1n) is 5.32. The molecule has 1 aliphatic rings. The molecule has 0 bridgehead atoms. The van der Waals surface area contributed by atoms with Crippen molar-refractivity contribution in [3.63, 3.8) is 0 Å². The summed E-state index contributed by atoms with van der Waals surface area (Å²) in [5.74, 6) is 0.0191. The Hall–Kier alpha value is -1.56. The van der Waals surface area contributed by atoms with E-state index in [1.54, 1.807) is 17.8 Å². The zero-order chi connectivity index (χ0) is 13.1. The first kappa shape index (κ1) is 12.9. The maximum absolute atomic E-state index is 13.8. The normalized spacial score (nSPS) is 15.1. The van der Waals surface area contributed by atoms with Crippen LogP contribution in [-0.2, 0) is 0 Å². The SMILES string of the molecule is O=C([O-])Nc1cc(F)c(C2=CCSCC2)c(F)c1. The Labute approximate surface area is 107 Å². The summed E-state index contributed by atoms with van der Waals surface area (Å²) < 4.78 is 27.6. The molecular weight excluding hydrogens is 260 g/mol. The Morgan fingerprint density at radius 2 is 2.00 bits per heavy atom. The molecule has 1 heterocycles. The zero-order valence-electron chi connectivity index (χ0n) is 9.33. The molecule has 3 nitrogen and oxygen atoms in total. The highest BCUT2D eigenvalue weighted by molar-refractivity contribution is 7.99. The summed E-state index contributed by atoms with van der Waals surface area (Å²) in [5.41, 5.74) is 0.391. The van der Waals surface area contributed by atoms with Crippen molar-refractivity contribution >= 4 is 29.1 Å². The molecule has 18 heavy (non-hydrogen) atoms. The van der Waals surface area contributed by atoms with Crippen LogP contribution in [0.5, 0.6) is 0 Å². The Bertz CT molecular complexity index is 494. The van der Waals surface area contributed by atoms with Gasteiger partial charge in [0.15, 0.2) is 0 Å². The zero-order valence-corrected chi connectivity index (χ0v) is 10.2. The molecule has 1 aromatic carbocycles. The molecule has 0 aliphatic carbocycles. The van der Waals surface area contributed by atoms with E-state index < -0.39 is 17.7 Å². The second-order valence-corrected chi connectivity index (χ2v) is 4.93. The second-order valence-electron chi connectivity index (χ2n) is 3.78. The van der Waals surface area contributed by atoms with E-state index in [0.717, 1.165) is 23.6 Å². The van der Waals surface area contributed by atoms with Crippen LogP contribution in [0, 0.1) is 11.6 Å². The lowest BCUT2D eigenvalue weighted by Crippen LogP contribution is -2.28. The number of benzene rings is 1. The van der Waals surface area contributed by atoms with Crippen LogP contribution >= 0.6 is 11.8 Å². The molecule has 1 N–H and O–H groups in total. The minimum atomic E-state index is -1.60. The van der Waals surface area contributed by atoms with Crippen molar-refractivity contribution in [2.24, 2.45) is 0 Å². The van der Waals surface area contributed by atoms with Gasteiger partial charge in [0.25, 0.3) is 0 Å². The van der Waals surface area contributed by atoms with Gasteiger partial charge in [0.1, 0.15) is 17.7 Å². The van der Waals surface area contributed by atoms with E-state index >= 15 is 0 Å². The number of allylic oxidation sites excluding steroid dienone is 1. The highest BCUT2D eigenvalue weighted by Crippen LogP contribution is 2.31. The number of nitrogens with one attached hydrogen (secondary N) is 1. The summed E-state index contributed by atoms with van der Waals surface area (Å²) in [6.45, 7) is 0. The van der Waals surface area contributed by atoms with Crippen molar-refractivity contribution in [3.8, 4) is 0 Å². The van der Waals surface area contributed by atoms with Crippen LogP contribution in [-0.4, -0.2) is 17.6 Å². The molecule has 0 saturated carbocycles. The number of amides is 1. The molecule has 1 amide bonds. The van der Waals surface area contributed by atoms with Crippen LogP contribution < -0.4 is 10.4 Å². The smallest absolute Gasteiger partial charge is 0.138 e. The monoisotopic (exact) mass is 270 g/mol. The molecule has 1 aromatic rings. The Morgan fingerprint density at radius 1 is 1.33 bits per heavy atom. The Morgan fingerprint density at radius 3 is 2.50 bits per heavy atom. The first-order chi connectivity index (χ1) is 8.58. The number of carboxylic acid groups (broad SMARTS) is 1. The maximum Gasteiger partial charge on any atom is 0.138 e. The Balaban J connectivity index is 2.37. The van der Waals surface area contributed by atoms with Crippen LogP contribution in [0.3, 0.4) is 0 Å². The van der Waals surface area contributed by atoms with Crippen LogP contribution in [0.15, 0.2) is 18.2 Å². The number of carbonyl (C=O) groups is 1. The highest BCUT2D eigenvalue weighted by atomic mass is 32.2. The number of hydrogen-bond donors (Lipinski definition) is 1.